The van der Waals surface area contributed by atoms with E-state index in [9.17, 15) is 15.4 Å². The number of hydrogen-bond donors (Lipinski definition) is 0. The van der Waals surface area contributed by atoms with E-state index in [0.717, 1.165) is 69.0 Å². The van der Waals surface area contributed by atoms with Crippen molar-refractivity contribution in [3.05, 3.63) is 45.5 Å². The highest BCUT2D eigenvalue weighted by molar-refractivity contribution is 5.63. The number of piperidine rings is 1. The molecule has 0 bridgehead atoms. The number of rotatable bonds is 3. The second-order valence-corrected chi connectivity index (χ2v) is 6.86. The second kappa shape index (κ2) is 6.75. The summed E-state index contributed by atoms with van der Waals surface area (Å²) in [5.41, 5.74) is 1.03. The fourth-order valence-corrected chi connectivity index (χ4v) is 4.04. The fraction of sp³-hybridized carbons (Fsp3) is 0.500. The number of nitrogens with zero attached hydrogens (tertiary/aromatic N) is 6. The molecule has 4 rings (SSSR count). The Labute approximate surface area is 151 Å². The predicted molar refractivity (Wildman–Crippen MR) is 94.7 cm³/mol. The number of aryl methyl sites for hydroxylation is 1. The third-order valence-electron chi connectivity index (χ3n) is 5.31. The average Bonchev–Trinajstić information content (AvgIpc) is 3.11. The molecule has 0 aliphatic carbocycles. The van der Waals surface area contributed by atoms with E-state index < -0.39 is 4.92 Å². The molecule has 1 aromatic heterocycles. The molecule has 3 heterocycles. The van der Waals surface area contributed by atoms with Crippen LogP contribution < -0.4 is 4.90 Å². The lowest BCUT2D eigenvalue weighted by Crippen LogP contribution is -2.36. The fourth-order valence-electron chi connectivity index (χ4n) is 4.04. The Kier molecular flexibility index (Phi) is 4.29. The van der Waals surface area contributed by atoms with Gasteiger partial charge in [-0.2, -0.15) is 5.26 Å². The number of nitro groups is 1. The van der Waals surface area contributed by atoms with Crippen LogP contribution in [0, 0.1) is 21.4 Å². The SMILES string of the molecule is N#Cc1cc([N+](=O)[O-])ccc1N1CCCCC1c1nnc2n1CCCC2. The van der Waals surface area contributed by atoms with Gasteiger partial charge in [-0.3, -0.25) is 10.1 Å². The van der Waals surface area contributed by atoms with Gasteiger partial charge in [0.1, 0.15) is 11.9 Å². The van der Waals surface area contributed by atoms with Crippen molar-refractivity contribution in [3.8, 4) is 6.07 Å². The van der Waals surface area contributed by atoms with Gasteiger partial charge in [0, 0.05) is 31.6 Å². The Morgan fingerprint density at radius 1 is 1.19 bits per heavy atom. The molecule has 0 amide bonds. The molecule has 2 aliphatic heterocycles. The van der Waals surface area contributed by atoms with Crippen LogP contribution in [-0.2, 0) is 13.0 Å². The maximum Gasteiger partial charge on any atom is 0.270 e. The van der Waals surface area contributed by atoms with Crippen LogP contribution >= 0.6 is 0 Å². The van der Waals surface area contributed by atoms with Crippen molar-refractivity contribution in [3.63, 3.8) is 0 Å². The standard InChI is InChI=1S/C18H20N6O2/c19-12-13-11-14(24(25)26)7-8-15(13)22-9-3-1-5-16(22)18-21-20-17-6-2-4-10-23(17)18/h7-8,11,16H,1-6,9-10H2. The van der Waals surface area contributed by atoms with E-state index in [-0.39, 0.29) is 11.7 Å². The number of aromatic nitrogens is 3. The lowest BCUT2D eigenvalue weighted by Gasteiger charge is -2.37. The zero-order valence-corrected chi connectivity index (χ0v) is 14.5. The Bertz CT molecular complexity index is 884. The summed E-state index contributed by atoms with van der Waals surface area (Å²) in [5, 5.41) is 29.4. The summed E-state index contributed by atoms with van der Waals surface area (Å²) in [7, 11) is 0. The maximum atomic E-state index is 11.0. The average molecular weight is 352 g/mol. The molecule has 8 heteroatoms. The molecule has 1 fully saturated rings. The first kappa shape index (κ1) is 16.5. The number of nitro benzene ring substituents is 1. The van der Waals surface area contributed by atoms with Gasteiger partial charge in [0.15, 0.2) is 5.82 Å². The first-order valence-corrected chi connectivity index (χ1v) is 9.06. The predicted octanol–water partition coefficient (Wildman–Crippen LogP) is 3.13. The Hall–Kier alpha value is -2.95. The van der Waals surface area contributed by atoms with Gasteiger partial charge in [0.05, 0.1) is 22.2 Å². The molecule has 1 saturated heterocycles. The van der Waals surface area contributed by atoms with Gasteiger partial charge < -0.3 is 9.47 Å². The molecule has 0 N–H and O–H groups in total. The Morgan fingerprint density at radius 3 is 2.85 bits per heavy atom. The molecule has 134 valence electrons. The molecule has 1 atom stereocenters. The molecule has 2 aliphatic rings. The van der Waals surface area contributed by atoms with Gasteiger partial charge in [-0.05, 0) is 38.2 Å². The van der Waals surface area contributed by atoms with Gasteiger partial charge in [-0.15, -0.1) is 10.2 Å². The Morgan fingerprint density at radius 2 is 2.04 bits per heavy atom. The number of non-ortho nitro benzene ring substituents is 1. The third-order valence-corrected chi connectivity index (χ3v) is 5.31. The van der Waals surface area contributed by atoms with Gasteiger partial charge in [0.25, 0.3) is 5.69 Å². The molecule has 1 unspecified atom stereocenters. The number of nitriles is 1. The quantitative estimate of drug-likeness (QED) is 0.621. The minimum atomic E-state index is -0.465. The topological polar surface area (TPSA) is 101 Å². The van der Waals surface area contributed by atoms with Crippen LogP contribution in [0.25, 0.3) is 0 Å². The minimum Gasteiger partial charge on any atom is -0.360 e. The first-order valence-electron chi connectivity index (χ1n) is 9.06. The highest BCUT2D eigenvalue weighted by Gasteiger charge is 2.31. The molecule has 0 spiro atoms. The van der Waals surface area contributed by atoms with E-state index in [0.29, 0.717) is 5.56 Å². The van der Waals surface area contributed by atoms with Crippen LogP contribution in [0.4, 0.5) is 11.4 Å². The lowest BCUT2D eigenvalue weighted by atomic mass is 9.98. The van der Waals surface area contributed by atoms with Crippen molar-refractivity contribution in [1.29, 1.82) is 5.26 Å². The molecule has 2 aromatic rings. The van der Waals surface area contributed by atoms with Gasteiger partial charge in [-0.25, -0.2) is 0 Å². The molecular weight excluding hydrogens is 332 g/mol. The normalized spacial score (nSPS) is 19.7. The van der Waals surface area contributed by atoms with E-state index in [1.54, 1.807) is 6.07 Å². The minimum absolute atomic E-state index is 0.0525. The van der Waals surface area contributed by atoms with Crippen LogP contribution in [0.2, 0.25) is 0 Å². The molecule has 26 heavy (non-hydrogen) atoms. The van der Waals surface area contributed by atoms with E-state index in [2.05, 4.69) is 25.7 Å². The van der Waals surface area contributed by atoms with Crippen molar-refractivity contribution in [1.82, 2.24) is 14.8 Å². The third kappa shape index (κ3) is 2.79. The van der Waals surface area contributed by atoms with Gasteiger partial charge in [0.2, 0.25) is 0 Å². The van der Waals surface area contributed by atoms with Crippen molar-refractivity contribution in [2.24, 2.45) is 0 Å². The number of benzene rings is 1. The molecule has 0 saturated carbocycles. The van der Waals surface area contributed by atoms with Gasteiger partial charge in [-0.1, -0.05) is 0 Å². The van der Waals surface area contributed by atoms with Crippen molar-refractivity contribution >= 4 is 11.4 Å². The zero-order chi connectivity index (χ0) is 18.1. The molecular formula is C18H20N6O2. The lowest BCUT2D eigenvalue weighted by molar-refractivity contribution is -0.384. The van der Waals surface area contributed by atoms with Crippen molar-refractivity contribution in [2.45, 2.75) is 51.1 Å². The highest BCUT2D eigenvalue weighted by Crippen LogP contribution is 2.37. The summed E-state index contributed by atoms with van der Waals surface area (Å²) >= 11 is 0. The zero-order valence-electron chi connectivity index (χ0n) is 14.5. The van der Waals surface area contributed by atoms with E-state index in [1.165, 1.54) is 12.1 Å². The highest BCUT2D eigenvalue weighted by atomic mass is 16.6. The van der Waals surface area contributed by atoms with Crippen molar-refractivity contribution < 1.29 is 4.92 Å². The summed E-state index contributed by atoms with van der Waals surface area (Å²) in [6, 6.07) is 6.71. The summed E-state index contributed by atoms with van der Waals surface area (Å²) in [5.74, 6) is 2.00. The second-order valence-electron chi connectivity index (χ2n) is 6.86. The maximum absolute atomic E-state index is 11.0. The largest absolute Gasteiger partial charge is 0.360 e. The van der Waals surface area contributed by atoms with Crippen LogP contribution in [0.15, 0.2) is 18.2 Å². The molecule has 8 nitrogen and oxygen atoms in total. The first-order chi connectivity index (χ1) is 12.7. The van der Waals surface area contributed by atoms with E-state index >= 15 is 0 Å². The van der Waals surface area contributed by atoms with E-state index in [4.69, 9.17) is 0 Å². The summed E-state index contributed by atoms with van der Waals surface area (Å²) < 4.78 is 2.23. The smallest absolute Gasteiger partial charge is 0.270 e. The van der Waals surface area contributed by atoms with Crippen LogP contribution in [0.1, 0.15) is 55.4 Å². The molecule has 0 radical (unpaired) electrons. The summed E-state index contributed by atoms with van der Waals surface area (Å²) in [4.78, 5) is 12.7. The number of anilines is 1. The van der Waals surface area contributed by atoms with Crippen molar-refractivity contribution in [2.75, 3.05) is 11.4 Å². The van der Waals surface area contributed by atoms with Crippen LogP contribution in [0.3, 0.4) is 0 Å². The Balaban J connectivity index is 1.74. The van der Waals surface area contributed by atoms with Gasteiger partial charge >= 0.3 is 0 Å². The van der Waals surface area contributed by atoms with Crippen LogP contribution in [0.5, 0.6) is 0 Å². The number of hydrogen-bond acceptors (Lipinski definition) is 6. The van der Waals surface area contributed by atoms with Crippen LogP contribution in [-0.4, -0.2) is 26.2 Å². The summed E-state index contributed by atoms with van der Waals surface area (Å²) in [6.07, 6.45) is 6.30. The number of fused-ring (bicyclic) bond motifs is 1. The summed E-state index contributed by atoms with van der Waals surface area (Å²) in [6.45, 7) is 1.74. The monoisotopic (exact) mass is 352 g/mol. The van der Waals surface area contributed by atoms with E-state index in [1.807, 2.05) is 0 Å². The molecule has 1 aromatic carbocycles.